The van der Waals surface area contributed by atoms with Gasteiger partial charge in [0.2, 0.25) is 5.91 Å². The third kappa shape index (κ3) is 2.77. The van der Waals surface area contributed by atoms with Crippen molar-refractivity contribution in [2.75, 3.05) is 26.2 Å². The monoisotopic (exact) mass is 278 g/mol. The van der Waals surface area contributed by atoms with E-state index in [0.29, 0.717) is 16.9 Å². The molecule has 102 valence electrons. The molecule has 2 fully saturated rings. The summed E-state index contributed by atoms with van der Waals surface area (Å²) in [5.41, 5.74) is 1.35. The van der Waals surface area contributed by atoms with Crippen LogP contribution in [-0.2, 0) is 11.2 Å². The highest BCUT2D eigenvalue weighted by atomic mass is 35.5. The number of hydrogen-bond donors (Lipinski definition) is 1. The summed E-state index contributed by atoms with van der Waals surface area (Å²) in [6.07, 6.45) is 2.80. The van der Waals surface area contributed by atoms with E-state index in [1.165, 1.54) is 6.42 Å². The van der Waals surface area contributed by atoms with E-state index in [2.05, 4.69) is 5.32 Å². The van der Waals surface area contributed by atoms with Gasteiger partial charge in [-0.05, 0) is 37.1 Å². The van der Waals surface area contributed by atoms with E-state index in [0.717, 1.165) is 38.2 Å². The second kappa shape index (κ2) is 5.14. The Bertz CT molecular complexity index is 483. The van der Waals surface area contributed by atoms with Crippen LogP contribution in [0.3, 0.4) is 0 Å². The zero-order valence-electron chi connectivity index (χ0n) is 11.0. The Labute approximate surface area is 118 Å². The molecule has 0 aromatic heterocycles. The maximum absolute atomic E-state index is 12.3. The number of likely N-dealkylation sites (tertiary alicyclic amines) is 1. The van der Waals surface area contributed by atoms with Gasteiger partial charge in [0.05, 0.1) is 6.42 Å². The fourth-order valence-electron chi connectivity index (χ4n) is 3.23. The minimum absolute atomic E-state index is 0.228. The topological polar surface area (TPSA) is 32.3 Å². The molecule has 1 amide bonds. The van der Waals surface area contributed by atoms with Crippen LogP contribution in [0.1, 0.15) is 18.4 Å². The average Bonchev–Trinajstić information content (AvgIpc) is 3.00. The van der Waals surface area contributed by atoms with E-state index in [1.807, 2.05) is 29.2 Å². The molecule has 0 radical (unpaired) electrons. The number of amides is 1. The second-order valence-corrected chi connectivity index (χ2v) is 6.24. The molecular weight excluding hydrogens is 260 g/mol. The Balaban J connectivity index is 1.62. The summed E-state index contributed by atoms with van der Waals surface area (Å²) < 4.78 is 0. The third-order valence-electron chi connectivity index (χ3n) is 4.37. The highest BCUT2D eigenvalue weighted by Gasteiger charge is 2.41. The first-order valence-corrected chi connectivity index (χ1v) is 7.28. The van der Waals surface area contributed by atoms with Gasteiger partial charge in [-0.3, -0.25) is 4.79 Å². The van der Waals surface area contributed by atoms with Crippen molar-refractivity contribution in [2.24, 2.45) is 5.41 Å². The Morgan fingerprint density at radius 1 is 1.42 bits per heavy atom. The lowest BCUT2D eigenvalue weighted by atomic mass is 9.86. The molecule has 1 aromatic carbocycles. The number of nitrogens with zero attached hydrogens (tertiary/aromatic N) is 1. The van der Waals surface area contributed by atoms with Gasteiger partial charge in [-0.15, -0.1) is 0 Å². The summed E-state index contributed by atoms with van der Waals surface area (Å²) in [6, 6.07) is 7.58. The molecule has 1 spiro atoms. The quantitative estimate of drug-likeness (QED) is 0.899. The molecule has 3 nitrogen and oxygen atoms in total. The Hall–Kier alpha value is -1.06. The van der Waals surface area contributed by atoms with Crippen molar-refractivity contribution in [2.45, 2.75) is 19.3 Å². The van der Waals surface area contributed by atoms with Crippen LogP contribution in [-0.4, -0.2) is 37.0 Å². The second-order valence-electron chi connectivity index (χ2n) is 5.80. The molecule has 2 aliphatic rings. The molecule has 19 heavy (non-hydrogen) atoms. The summed E-state index contributed by atoms with van der Waals surface area (Å²) >= 11 is 5.95. The number of rotatable bonds is 2. The lowest BCUT2D eigenvalue weighted by Crippen LogP contribution is -2.34. The largest absolute Gasteiger partial charge is 0.342 e. The van der Waals surface area contributed by atoms with E-state index < -0.39 is 0 Å². The molecule has 3 rings (SSSR count). The molecule has 1 aromatic rings. The fourth-order valence-corrected chi connectivity index (χ4v) is 3.44. The molecule has 1 unspecified atom stereocenters. The summed E-state index contributed by atoms with van der Waals surface area (Å²) in [7, 11) is 0. The van der Waals surface area contributed by atoms with Gasteiger partial charge in [-0.1, -0.05) is 23.7 Å². The molecule has 1 atom stereocenters. The zero-order chi connectivity index (χ0) is 13.3. The standard InChI is InChI=1S/C15H19ClN2O/c16-13-3-1-2-12(8-13)9-14(19)18-7-5-15(11-18)4-6-17-10-15/h1-3,8,17H,4-7,9-11H2. The van der Waals surface area contributed by atoms with E-state index >= 15 is 0 Å². The van der Waals surface area contributed by atoms with Gasteiger partial charge in [0.1, 0.15) is 0 Å². The lowest BCUT2D eigenvalue weighted by Gasteiger charge is -2.22. The van der Waals surface area contributed by atoms with Crippen LogP contribution >= 0.6 is 11.6 Å². The molecule has 2 aliphatic heterocycles. The van der Waals surface area contributed by atoms with Gasteiger partial charge >= 0.3 is 0 Å². The van der Waals surface area contributed by atoms with Crippen molar-refractivity contribution in [3.05, 3.63) is 34.9 Å². The number of carbonyl (C=O) groups excluding carboxylic acids is 1. The molecule has 0 aliphatic carbocycles. The number of nitrogens with one attached hydrogen (secondary N) is 1. The van der Waals surface area contributed by atoms with Crippen LogP contribution in [0.15, 0.2) is 24.3 Å². The minimum Gasteiger partial charge on any atom is -0.342 e. The molecule has 2 heterocycles. The summed E-state index contributed by atoms with van der Waals surface area (Å²) in [5, 5.41) is 4.11. The van der Waals surface area contributed by atoms with E-state index in [4.69, 9.17) is 11.6 Å². The van der Waals surface area contributed by atoms with Crippen molar-refractivity contribution in [3.63, 3.8) is 0 Å². The minimum atomic E-state index is 0.228. The van der Waals surface area contributed by atoms with Crippen molar-refractivity contribution < 1.29 is 4.79 Å². The normalized spacial score (nSPS) is 26.3. The number of hydrogen-bond acceptors (Lipinski definition) is 2. The van der Waals surface area contributed by atoms with Crippen molar-refractivity contribution in [3.8, 4) is 0 Å². The Kier molecular flexibility index (Phi) is 3.50. The fraction of sp³-hybridized carbons (Fsp3) is 0.533. The summed E-state index contributed by atoms with van der Waals surface area (Å²) in [4.78, 5) is 14.4. The molecule has 4 heteroatoms. The van der Waals surface area contributed by atoms with Crippen molar-refractivity contribution in [1.82, 2.24) is 10.2 Å². The lowest BCUT2D eigenvalue weighted by molar-refractivity contribution is -0.129. The van der Waals surface area contributed by atoms with Crippen LogP contribution in [0.2, 0.25) is 5.02 Å². The van der Waals surface area contributed by atoms with Crippen LogP contribution in [0.25, 0.3) is 0 Å². The van der Waals surface area contributed by atoms with E-state index in [1.54, 1.807) is 0 Å². The maximum atomic E-state index is 12.3. The summed E-state index contributed by atoms with van der Waals surface area (Å²) in [5.74, 6) is 0.228. The van der Waals surface area contributed by atoms with Gasteiger partial charge < -0.3 is 10.2 Å². The Morgan fingerprint density at radius 2 is 2.32 bits per heavy atom. The number of benzene rings is 1. The third-order valence-corrected chi connectivity index (χ3v) is 4.60. The molecular formula is C15H19ClN2O. The molecule has 0 saturated carbocycles. The highest BCUT2D eigenvalue weighted by molar-refractivity contribution is 6.30. The first-order chi connectivity index (χ1) is 9.17. The first kappa shape index (κ1) is 12.9. The van der Waals surface area contributed by atoms with E-state index in [9.17, 15) is 4.79 Å². The zero-order valence-corrected chi connectivity index (χ0v) is 11.7. The number of halogens is 1. The van der Waals surface area contributed by atoms with Crippen molar-refractivity contribution in [1.29, 1.82) is 0 Å². The van der Waals surface area contributed by atoms with Crippen LogP contribution < -0.4 is 5.32 Å². The van der Waals surface area contributed by atoms with Crippen LogP contribution in [0, 0.1) is 5.41 Å². The predicted molar refractivity (Wildman–Crippen MR) is 76.3 cm³/mol. The SMILES string of the molecule is O=C(Cc1cccc(Cl)c1)N1CCC2(CCNC2)C1. The van der Waals surface area contributed by atoms with Crippen LogP contribution in [0.4, 0.5) is 0 Å². The molecule has 0 bridgehead atoms. The smallest absolute Gasteiger partial charge is 0.227 e. The van der Waals surface area contributed by atoms with Crippen molar-refractivity contribution >= 4 is 17.5 Å². The van der Waals surface area contributed by atoms with E-state index in [-0.39, 0.29) is 5.91 Å². The number of carbonyl (C=O) groups is 1. The van der Waals surface area contributed by atoms with Gasteiger partial charge in [-0.25, -0.2) is 0 Å². The first-order valence-electron chi connectivity index (χ1n) is 6.90. The maximum Gasteiger partial charge on any atom is 0.227 e. The van der Waals surface area contributed by atoms with Gasteiger partial charge in [0, 0.05) is 30.1 Å². The summed E-state index contributed by atoms with van der Waals surface area (Å²) in [6.45, 7) is 3.98. The van der Waals surface area contributed by atoms with Gasteiger partial charge in [-0.2, -0.15) is 0 Å². The van der Waals surface area contributed by atoms with Crippen LogP contribution in [0.5, 0.6) is 0 Å². The van der Waals surface area contributed by atoms with Gasteiger partial charge in [0.25, 0.3) is 0 Å². The predicted octanol–water partition coefficient (Wildman–Crippen LogP) is 2.09. The Morgan fingerprint density at radius 3 is 3.05 bits per heavy atom. The van der Waals surface area contributed by atoms with Gasteiger partial charge in [0.15, 0.2) is 0 Å². The highest BCUT2D eigenvalue weighted by Crippen LogP contribution is 2.36. The molecule has 2 saturated heterocycles. The average molecular weight is 279 g/mol. The molecule has 1 N–H and O–H groups in total.